The molecule has 11 heteroatoms. The molecule has 0 aliphatic heterocycles. The second-order valence-corrected chi connectivity index (χ2v) is 17.5. The van der Waals surface area contributed by atoms with Gasteiger partial charge in [0, 0.05) is 12.8 Å². The summed E-state index contributed by atoms with van der Waals surface area (Å²) in [6.07, 6.45) is 4.96. The summed E-state index contributed by atoms with van der Waals surface area (Å²) in [7, 11) is 0. The Balaban J connectivity index is 1.16. The van der Waals surface area contributed by atoms with Crippen molar-refractivity contribution >= 4 is 17.8 Å². The first kappa shape index (κ1) is 38.3. The molecule has 280 valence electrons. The van der Waals surface area contributed by atoms with Gasteiger partial charge in [-0.2, -0.15) is 0 Å². The van der Waals surface area contributed by atoms with Crippen molar-refractivity contribution in [3.63, 3.8) is 0 Å². The highest BCUT2D eigenvalue weighted by molar-refractivity contribution is 5.83. The van der Waals surface area contributed by atoms with Crippen molar-refractivity contribution < 1.29 is 49.4 Å². The number of aliphatic hydroxyl groups excluding tert-OH is 3. The Hall–Kier alpha value is -2.89. The molecule has 5 rings (SSSR count). The predicted octanol–water partition coefficient (Wildman–Crippen LogP) is 4.81. The summed E-state index contributed by atoms with van der Waals surface area (Å²) in [5, 5.41) is 56.7. The fraction of sp³-hybridized carbons (Fsp3) is 0.769. The standard InChI is InChI=1S/C39H59NO10/c1-21(25-9-10-26-34-27(19-32(44)39(25,26)6)38(5)14-13-24(41)17-23(38)18-30(34)43)7-12-33(45)40-28(35(46)47)15-22-8-11-31(29(42)16-22)49-20-50-36(48)37(2,3)4/h8,11,16,21,23-28,30,32,34,41-44H,7,9-10,12-15,17-20H2,1-6H3,(H,40,45)(H,46,47)/t21-,23?,24-,25?,26?,27?,28?,30-,32+,34?,38+,39-/m1/s1. The zero-order chi connectivity index (χ0) is 36.8. The summed E-state index contributed by atoms with van der Waals surface area (Å²) in [5.41, 5.74) is -0.602. The quantitative estimate of drug-likeness (QED) is 0.138. The highest BCUT2D eigenvalue weighted by atomic mass is 16.7. The molecule has 0 spiro atoms. The number of aliphatic carboxylic acids is 1. The maximum absolute atomic E-state index is 13.1. The van der Waals surface area contributed by atoms with Gasteiger partial charge in [-0.3, -0.25) is 9.59 Å². The average Bonchev–Trinajstić information content (AvgIpc) is 3.39. The minimum Gasteiger partial charge on any atom is -0.504 e. The maximum atomic E-state index is 13.1. The van der Waals surface area contributed by atoms with Gasteiger partial charge in [-0.1, -0.05) is 26.8 Å². The first-order valence-corrected chi connectivity index (χ1v) is 18.5. The minimum atomic E-state index is -1.21. The van der Waals surface area contributed by atoms with Crippen LogP contribution in [0, 0.1) is 51.8 Å². The van der Waals surface area contributed by atoms with Crippen molar-refractivity contribution in [1.29, 1.82) is 0 Å². The lowest BCUT2D eigenvalue weighted by molar-refractivity contribution is -0.207. The van der Waals surface area contributed by atoms with E-state index >= 15 is 0 Å². The van der Waals surface area contributed by atoms with Gasteiger partial charge in [-0.25, -0.2) is 4.79 Å². The molecule has 1 aromatic rings. The third kappa shape index (κ3) is 7.51. The zero-order valence-electron chi connectivity index (χ0n) is 30.6. The van der Waals surface area contributed by atoms with Crippen molar-refractivity contribution in [3.05, 3.63) is 23.8 Å². The number of benzene rings is 1. The third-order valence-electron chi connectivity index (χ3n) is 13.5. The van der Waals surface area contributed by atoms with Gasteiger partial charge in [0.05, 0.1) is 23.7 Å². The molecule has 11 nitrogen and oxygen atoms in total. The molecule has 50 heavy (non-hydrogen) atoms. The fourth-order valence-electron chi connectivity index (χ4n) is 10.6. The molecule has 12 atom stereocenters. The number of nitrogens with one attached hydrogen (secondary N) is 1. The van der Waals surface area contributed by atoms with Gasteiger partial charge in [0.15, 0.2) is 11.5 Å². The number of phenols is 1. The Kier molecular flexibility index (Phi) is 11.2. The fourth-order valence-corrected chi connectivity index (χ4v) is 10.6. The van der Waals surface area contributed by atoms with Crippen molar-refractivity contribution in [2.45, 2.75) is 130 Å². The Morgan fingerprint density at radius 2 is 1.74 bits per heavy atom. The Morgan fingerprint density at radius 3 is 2.40 bits per heavy atom. The molecule has 6 N–H and O–H groups in total. The second kappa shape index (κ2) is 14.6. The van der Waals surface area contributed by atoms with Crippen LogP contribution < -0.4 is 10.1 Å². The number of aliphatic hydroxyl groups is 3. The largest absolute Gasteiger partial charge is 0.504 e. The molecule has 4 fully saturated rings. The number of carbonyl (C=O) groups excluding carboxylic acids is 2. The number of phenolic OH excluding ortho intramolecular Hbond substituents is 1. The van der Waals surface area contributed by atoms with E-state index in [4.69, 9.17) is 9.47 Å². The van der Waals surface area contributed by atoms with Crippen molar-refractivity contribution in [2.75, 3.05) is 6.79 Å². The minimum absolute atomic E-state index is 0.00494. The van der Waals surface area contributed by atoms with Crippen molar-refractivity contribution in [1.82, 2.24) is 5.32 Å². The number of amides is 1. The molecule has 0 radical (unpaired) electrons. The van der Waals surface area contributed by atoms with Crippen LogP contribution >= 0.6 is 0 Å². The van der Waals surface area contributed by atoms with Crippen LogP contribution in [-0.2, 0) is 25.5 Å². The van der Waals surface area contributed by atoms with E-state index in [0.717, 1.165) is 32.1 Å². The summed E-state index contributed by atoms with van der Waals surface area (Å²) in [6, 6.07) is 3.20. The number of hydrogen-bond donors (Lipinski definition) is 6. The van der Waals surface area contributed by atoms with Crippen LogP contribution in [0.15, 0.2) is 18.2 Å². The van der Waals surface area contributed by atoms with Crippen LogP contribution in [0.1, 0.15) is 105 Å². The van der Waals surface area contributed by atoms with E-state index in [1.165, 1.54) is 12.1 Å². The number of carbonyl (C=O) groups is 3. The third-order valence-corrected chi connectivity index (χ3v) is 13.5. The molecule has 6 unspecified atom stereocenters. The molecule has 0 bridgehead atoms. The Labute approximate surface area is 296 Å². The number of rotatable bonds is 11. The van der Waals surface area contributed by atoms with Crippen LogP contribution in [0.3, 0.4) is 0 Å². The molecule has 0 heterocycles. The molecular weight excluding hydrogens is 642 g/mol. The number of carboxylic acids is 1. The molecule has 0 aromatic heterocycles. The molecule has 1 amide bonds. The van der Waals surface area contributed by atoms with Crippen molar-refractivity contribution in [2.24, 2.45) is 51.8 Å². The summed E-state index contributed by atoms with van der Waals surface area (Å²) < 4.78 is 10.4. The number of carboxylic acid groups (broad SMARTS) is 1. The van der Waals surface area contributed by atoms with E-state index in [-0.39, 0.29) is 89.5 Å². The molecule has 4 aliphatic carbocycles. The van der Waals surface area contributed by atoms with Crippen LogP contribution in [0.2, 0.25) is 0 Å². The van der Waals surface area contributed by atoms with Crippen LogP contribution in [0.5, 0.6) is 11.5 Å². The Bertz CT molecular complexity index is 1410. The lowest BCUT2D eigenvalue weighted by Gasteiger charge is -2.63. The topological polar surface area (TPSA) is 183 Å². The first-order valence-electron chi connectivity index (χ1n) is 18.5. The smallest absolute Gasteiger partial charge is 0.326 e. The molecule has 4 aliphatic rings. The zero-order valence-corrected chi connectivity index (χ0v) is 30.6. The van der Waals surface area contributed by atoms with E-state index in [1.54, 1.807) is 26.8 Å². The Morgan fingerprint density at radius 1 is 1.02 bits per heavy atom. The lowest BCUT2D eigenvalue weighted by Crippen LogP contribution is -2.62. The number of aromatic hydroxyl groups is 1. The van der Waals surface area contributed by atoms with Gasteiger partial charge in [0.1, 0.15) is 6.04 Å². The normalized spacial score (nSPS) is 36.3. The maximum Gasteiger partial charge on any atom is 0.326 e. The van der Waals surface area contributed by atoms with Crippen LogP contribution in [0.4, 0.5) is 0 Å². The summed E-state index contributed by atoms with van der Waals surface area (Å²) in [6.45, 7) is 11.4. The van der Waals surface area contributed by atoms with Gasteiger partial charge in [0.2, 0.25) is 12.7 Å². The van der Waals surface area contributed by atoms with E-state index in [1.807, 2.05) is 0 Å². The summed E-state index contributed by atoms with van der Waals surface area (Å²) in [5.74, 6) is -1.15. The van der Waals surface area contributed by atoms with Crippen LogP contribution in [0.25, 0.3) is 0 Å². The lowest BCUT2D eigenvalue weighted by atomic mass is 9.43. The van der Waals surface area contributed by atoms with Gasteiger partial charge in [-0.05, 0) is 136 Å². The van der Waals surface area contributed by atoms with Crippen LogP contribution in [-0.4, -0.2) is 74.5 Å². The van der Waals surface area contributed by atoms with Gasteiger partial charge in [-0.15, -0.1) is 0 Å². The average molecular weight is 702 g/mol. The van der Waals surface area contributed by atoms with E-state index < -0.39 is 35.6 Å². The molecule has 1 aromatic carbocycles. The number of ether oxygens (including phenoxy) is 2. The summed E-state index contributed by atoms with van der Waals surface area (Å²) >= 11 is 0. The SMILES string of the molecule is C[C@H](CCC(=O)NC(Cc1ccc(OCOC(=O)C(C)(C)C)c(O)c1)C(=O)O)C1CCC2C3C(C[C@H](O)[C@@]21C)[C@@]1(C)CC[C@@H](O)CC1C[C@H]3O. The highest BCUT2D eigenvalue weighted by Crippen LogP contribution is 2.68. The first-order chi connectivity index (χ1) is 23.4. The van der Waals surface area contributed by atoms with Gasteiger partial charge in [0.25, 0.3) is 0 Å². The van der Waals surface area contributed by atoms with E-state index in [0.29, 0.717) is 24.8 Å². The number of esters is 1. The van der Waals surface area contributed by atoms with Crippen molar-refractivity contribution in [3.8, 4) is 11.5 Å². The van der Waals surface area contributed by atoms with Gasteiger partial charge >= 0.3 is 11.9 Å². The highest BCUT2D eigenvalue weighted by Gasteiger charge is 2.65. The molecular formula is C39H59NO10. The monoisotopic (exact) mass is 701 g/mol. The molecule has 0 saturated heterocycles. The van der Waals surface area contributed by atoms with E-state index in [9.17, 15) is 39.9 Å². The second-order valence-electron chi connectivity index (χ2n) is 17.5. The predicted molar refractivity (Wildman–Crippen MR) is 185 cm³/mol. The van der Waals surface area contributed by atoms with E-state index in [2.05, 4.69) is 26.1 Å². The number of fused-ring (bicyclic) bond motifs is 5. The van der Waals surface area contributed by atoms with Gasteiger partial charge < -0.3 is 40.3 Å². The number of hydrogen-bond acceptors (Lipinski definition) is 9. The molecule has 4 saturated carbocycles. The summed E-state index contributed by atoms with van der Waals surface area (Å²) in [4.78, 5) is 37.1.